The molecule has 2 atom stereocenters. The predicted molar refractivity (Wildman–Crippen MR) is 50.8 cm³/mol. The first-order valence-electron chi connectivity index (χ1n) is 5.15. The third-order valence-electron chi connectivity index (χ3n) is 2.27. The molecule has 1 heterocycles. The largest absolute Gasteiger partial charge is 0.474 e. The molecule has 0 radical (unpaired) electrons. The van der Waals surface area contributed by atoms with Crippen molar-refractivity contribution in [1.82, 2.24) is 10.4 Å². The van der Waals surface area contributed by atoms with Gasteiger partial charge in [0.25, 0.3) is 0 Å². The molecule has 18 heavy (non-hydrogen) atoms. The molecule has 104 valence electrons. The molecule has 1 aliphatic rings. The number of amides is 1. The summed E-state index contributed by atoms with van der Waals surface area (Å²) in [6.45, 7) is 0.778. The van der Waals surface area contributed by atoms with Gasteiger partial charge in [-0.3, -0.25) is 9.59 Å². The maximum absolute atomic E-state index is 13.1. The number of hydrogen-bond donors (Lipinski definition) is 1. The molecule has 0 aliphatic carbocycles. The molecule has 0 aromatic rings. The number of piperidine rings is 1. The van der Waals surface area contributed by atoms with Gasteiger partial charge in [0.05, 0.1) is 6.04 Å². The summed E-state index contributed by atoms with van der Waals surface area (Å²) < 4.78 is 50.0. The van der Waals surface area contributed by atoms with E-state index in [1.165, 1.54) is 0 Å². The zero-order chi connectivity index (χ0) is 13.9. The number of nitrogens with zero attached hydrogens (tertiary/aromatic N) is 1. The van der Waals surface area contributed by atoms with E-state index in [1.54, 1.807) is 0 Å². The Balaban J connectivity index is 2.83. The van der Waals surface area contributed by atoms with Gasteiger partial charge in [0.15, 0.2) is 0 Å². The Kier molecular flexibility index (Phi) is 4.49. The highest BCUT2D eigenvalue weighted by atomic mass is 19.4. The Morgan fingerprint density at radius 2 is 1.94 bits per heavy atom. The van der Waals surface area contributed by atoms with E-state index in [9.17, 15) is 27.2 Å². The molecule has 1 aliphatic heterocycles. The number of alkyl halides is 4. The van der Waals surface area contributed by atoms with Crippen molar-refractivity contribution in [3.05, 3.63) is 0 Å². The molecular weight excluding hydrogens is 260 g/mol. The second kappa shape index (κ2) is 5.51. The highest BCUT2D eigenvalue weighted by molar-refractivity contribution is 5.82. The maximum Gasteiger partial charge on any atom is 0.474 e. The van der Waals surface area contributed by atoms with E-state index in [0.29, 0.717) is 0 Å². The fraction of sp³-hybridized carbons (Fsp3) is 0.778. The number of carbonyl (C=O) groups is 2. The zero-order valence-corrected chi connectivity index (χ0v) is 9.46. The molecule has 9 heteroatoms. The Hall–Kier alpha value is -1.38. The number of hydroxylamine groups is 2. The first-order chi connectivity index (χ1) is 8.21. The van der Waals surface area contributed by atoms with Gasteiger partial charge in [0.1, 0.15) is 6.17 Å². The average Bonchev–Trinajstić information content (AvgIpc) is 2.23. The Morgan fingerprint density at radius 3 is 2.39 bits per heavy atom. The van der Waals surface area contributed by atoms with Crippen molar-refractivity contribution in [3.8, 4) is 0 Å². The first-order valence-corrected chi connectivity index (χ1v) is 5.15. The van der Waals surface area contributed by atoms with Gasteiger partial charge in [0, 0.05) is 26.4 Å². The molecule has 1 N–H and O–H groups in total. The van der Waals surface area contributed by atoms with Crippen LogP contribution in [0.4, 0.5) is 17.6 Å². The summed E-state index contributed by atoms with van der Waals surface area (Å²) in [5.74, 6) is -3.40. The molecule has 0 saturated carbocycles. The molecule has 0 spiro atoms. The summed E-state index contributed by atoms with van der Waals surface area (Å²) in [5, 5.41) is 2.42. The molecule has 0 aromatic heterocycles. The minimum atomic E-state index is -5.18. The topological polar surface area (TPSA) is 58.6 Å². The predicted octanol–water partition coefficient (Wildman–Crippen LogP) is 0.555. The van der Waals surface area contributed by atoms with Crippen LogP contribution in [-0.2, 0) is 14.4 Å². The average molecular weight is 272 g/mol. The number of hydrogen-bond acceptors (Lipinski definition) is 4. The van der Waals surface area contributed by atoms with Crippen molar-refractivity contribution in [1.29, 1.82) is 0 Å². The first kappa shape index (κ1) is 14.7. The molecule has 2 unspecified atom stereocenters. The Bertz CT molecular complexity index is 334. The van der Waals surface area contributed by atoms with Crippen LogP contribution in [0.1, 0.15) is 13.3 Å². The van der Waals surface area contributed by atoms with Crippen LogP contribution in [0.2, 0.25) is 0 Å². The molecule has 0 bridgehead atoms. The molecule has 1 amide bonds. The smallest absolute Gasteiger partial charge is 0.338 e. The lowest BCUT2D eigenvalue weighted by Gasteiger charge is -2.33. The summed E-state index contributed by atoms with van der Waals surface area (Å²) >= 11 is 0. The monoisotopic (exact) mass is 272 g/mol. The van der Waals surface area contributed by atoms with Gasteiger partial charge in [-0.05, 0) is 0 Å². The second-order valence-electron chi connectivity index (χ2n) is 3.86. The normalized spacial score (nSPS) is 24.5. The van der Waals surface area contributed by atoms with Gasteiger partial charge in [-0.25, -0.2) is 4.39 Å². The van der Waals surface area contributed by atoms with Crippen molar-refractivity contribution < 1.29 is 32.0 Å². The van der Waals surface area contributed by atoms with Crippen LogP contribution in [0.15, 0.2) is 0 Å². The minimum Gasteiger partial charge on any atom is -0.338 e. The van der Waals surface area contributed by atoms with E-state index >= 15 is 0 Å². The Morgan fingerprint density at radius 1 is 1.33 bits per heavy atom. The standard InChI is InChI=1S/C9H12F4N2O3/c1-5(16)18-15(8(17)9(11,12)13)7-2-6(10)3-14-4-7/h6-7,14H,2-4H2,1H3. The van der Waals surface area contributed by atoms with Crippen LogP contribution in [0.25, 0.3) is 0 Å². The van der Waals surface area contributed by atoms with E-state index in [1.807, 2.05) is 0 Å². The van der Waals surface area contributed by atoms with Crippen molar-refractivity contribution >= 4 is 11.9 Å². The lowest BCUT2D eigenvalue weighted by atomic mass is 10.1. The van der Waals surface area contributed by atoms with E-state index in [4.69, 9.17) is 0 Å². The maximum atomic E-state index is 13.1. The molecular formula is C9H12F4N2O3. The van der Waals surface area contributed by atoms with Crippen molar-refractivity contribution in [2.45, 2.75) is 31.7 Å². The van der Waals surface area contributed by atoms with Crippen LogP contribution in [-0.4, -0.2) is 48.4 Å². The van der Waals surface area contributed by atoms with Gasteiger partial charge in [-0.1, -0.05) is 0 Å². The van der Waals surface area contributed by atoms with Crippen molar-refractivity contribution in [2.75, 3.05) is 13.1 Å². The SMILES string of the molecule is CC(=O)ON(C(=O)C(F)(F)F)C1CNCC(F)C1. The van der Waals surface area contributed by atoms with E-state index < -0.39 is 30.3 Å². The summed E-state index contributed by atoms with van der Waals surface area (Å²) in [7, 11) is 0. The molecule has 1 saturated heterocycles. The third-order valence-corrected chi connectivity index (χ3v) is 2.27. The van der Waals surface area contributed by atoms with Gasteiger partial charge in [0.2, 0.25) is 0 Å². The number of carbonyl (C=O) groups excluding carboxylic acids is 2. The fourth-order valence-electron chi connectivity index (χ4n) is 1.59. The molecule has 5 nitrogen and oxygen atoms in total. The third kappa shape index (κ3) is 3.83. The number of nitrogens with one attached hydrogen (secondary N) is 1. The van der Waals surface area contributed by atoms with Gasteiger partial charge in [-0.15, -0.1) is 0 Å². The summed E-state index contributed by atoms with van der Waals surface area (Å²) in [6.07, 6.45) is -6.90. The van der Waals surface area contributed by atoms with Crippen LogP contribution in [0, 0.1) is 0 Å². The van der Waals surface area contributed by atoms with E-state index in [2.05, 4.69) is 10.2 Å². The van der Waals surface area contributed by atoms with Gasteiger partial charge < -0.3 is 10.2 Å². The lowest BCUT2D eigenvalue weighted by Crippen LogP contribution is -2.55. The van der Waals surface area contributed by atoms with E-state index in [0.717, 1.165) is 6.92 Å². The van der Waals surface area contributed by atoms with E-state index in [-0.39, 0.29) is 24.6 Å². The molecule has 0 aromatic carbocycles. The second-order valence-corrected chi connectivity index (χ2v) is 3.86. The summed E-state index contributed by atoms with van der Waals surface area (Å²) in [5.41, 5.74) is 0. The van der Waals surface area contributed by atoms with Crippen molar-refractivity contribution in [3.63, 3.8) is 0 Å². The lowest BCUT2D eigenvalue weighted by molar-refractivity contribution is -0.237. The van der Waals surface area contributed by atoms with Crippen LogP contribution < -0.4 is 5.32 Å². The molecule has 1 rings (SSSR count). The minimum absolute atomic E-state index is 0.00931. The quantitative estimate of drug-likeness (QED) is 0.559. The fourth-order valence-corrected chi connectivity index (χ4v) is 1.59. The van der Waals surface area contributed by atoms with Crippen LogP contribution in [0.5, 0.6) is 0 Å². The molecule has 1 fully saturated rings. The number of halogens is 4. The van der Waals surface area contributed by atoms with Crippen molar-refractivity contribution in [2.24, 2.45) is 0 Å². The highest BCUT2D eigenvalue weighted by Gasteiger charge is 2.47. The summed E-state index contributed by atoms with van der Waals surface area (Å²) in [6, 6.07) is -1.17. The van der Waals surface area contributed by atoms with Crippen LogP contribution >= 0.6 is 0 Å². The zero-order valence-electron chi connectivity index (χ0n) is 9.46. The van der Waals surface area contributed by atoms with Crippen LogP contribution in [0.3, 0.4) is 0 Å². The number of rotatable bonds is 1. The highest BCUT2D eigenvalue weighted by Crippen LogP contribution is 2.23. The van der Waals surface area contributed by atoms with Gasteiger partial charge >= 0.3 is 18.1 Å². The van der Waals surface area contributed by atoms with Gasteiger partial charge in [-0.2, -0.15) is 18.2 Å². The summed E-state index contributed by atoms with van der Waals surface area (Å²) in [4.78, 5) is 26.0. The Labute approximate surface area is 100 Å².